The molecule has 7 nitrogen and oxygen atoms in total. The van der Waals surface area contributed by atoms with Gasteiger partial charge in [0.1, 0.15) is 17.7 Å². The number of benzene rings is 2. The number of unbranched alkanes of at least 4 members (excludes halogenated alkanes) is 2. The highest BCUT2D eigenvalue weighted by Crippen LogP contribution is 2.24. The van der Waals surface area contributed by atoms with Crippen molar-refractivity contribution in [2.24, 2.45) is 0 Å². The summed E-state index contributed by atoms with van der Waals surface area (Å²) in [5.74, 6) is -0.598. The van der Waals surface area contributed by atoms with Crippen molar-refractivity contribution in [1.29, 1.82) is 0 Å². The number of amides is 3. The lowest BCUT2D eigenvalue weighted by Crippen LogP contribution is -2.54. The predicted molar refractivity (Wildman–Crippen MR) is 150 cm³/mol. The van der Waals surface area contributed by atoms with E-state index in [4.69, 9.17) is 4.74 Å². The summed E-state index contributed by atoms with van der Waals surface area (Å²) >= 11 is 4.34. The molecule has 0 aliphatic rings. The topological polar surface area (TPSA) is 87.7 Å². The Labute approximate surface area is 226 Å². The van der Waals surface area contributed by atoms with E-state index in [0.717, 1.165) is 30.4 Å². The zero-order valence-electron chi connectivity index (χ0n) is 22.6. The van der Waals surface area contributed by atoms with Crippen molar-refractivity contribution in [3.63, 3.8) is 0 Å². The van der Waals surface area contributed by atoms with Crippen molar-refractivity contribution >= 4 is 30.5 Å². The van der Waals surface area contributed by atoms with Crippen LogP contribution in [0.25, 0.3) is 0 Å². The molecule has 0 aliphatic carbocycles. The molecule has 2 atom stereocenters. The maximum atomic E-state index is 13.9. The minimum Gasteiger partial charge on any atom is -0.444 e. The van der Waals surface area contributed by atoms with E-state index in [2.05, 4.69) is 30.2 Å². The van der Waals surface area contributed by atoms with E-state index in [1.165, 1.54) is 0 Å². The molecule has 2 rings (SSSR count). The number of carbonyl (C=O) groups is 3. The number of nitrogens with zero attached hydrogens (tertiary/aromatic N) is 1. The second-order valence-corrected chi connectivity index (χ2v) is 10.5. The van der Waals surface area contributed by atoms with Gasteiger partial charge >= 0.3 is 6.09 Å². The molecule has 2 unspecified atom stereocenters. The van der Waals surface area contributed by atoms with Crippen LogP contribution in [0.5, 0.6) is 0 Å². The zero-order chi connectivity index (χ0) is 27.4. The van der Waals surface area contributed by atoms with Gasteiger partial charge in [0.2, 0.25) is 11.8 Å². The van der Waals surface area contributed by atoms with E-state index in [1.54, 1.807) is 25.7 Å². The first kappa shape index (κ1) is 30.2. The normalized spacial score (nSPS) is 12.8. The quantitative estimate of drug-likeness (QED) is 0.262. The molecule has 202 valence electrons. The minimum atomic E-state index is -0.949. The maximum Gasteiger partial charge on any atom is 0.408 e. The molecule has 0 fully saturated rings. The highest BCUT2D eigenvalue weighted by Gasteiger charge is 2.35. The predicted octanol–water partition coefficient (Wildman–Crippen LogP) is 5.19. The van der Waals surface area contributed by atoms with E-state index in [1.807, 2.05) is 61.5 Å². The molecular formula is C29H41N3O4S. The maximum absolute atomic E-state index is 13.9. The summed E-state index contributed by atoms with van der Waals surface area (Å²) in [4.78, 5) is 41.6. The van der Waals surface area contributed by atoms with Gasteiger partial charge in [-0.15, -0.1) is 0 Å². The van der Waals surface area contributed by atoms with Gasteiger partial charge in [0.05, 0.1) is 0 Å². The molecule has 0 saturated carbocycles. The molecular weight excluding hydrogens is 486 g/mol. The standard InChI is InChI=1S/C29H41N3O4S/c1-6-7-11-18-32(27(34)24(20-37)31-28(35)36-29(3,4)5)25(23-16-14-21(2)15-17-23)26(33)30-19-22-12-9-8-10-13-22/h8-10,12-17,24-25,37H,6-7,11,18-20H2,1-5H3,(H,30,33)(H,31,35). The molecule has 2 aromatic rings. The zero-order valence-corrected chi connectivity index (χ0v) is 23.5. The molecule has 3 amide bonds. The summed E-state index contributed by atoms with van der Waals surface area (Å²) in [6, 6.07) is 15.4. The van der Waals surface area contributed by atoms with Gasteiger partial charge in [0.25, 0.3) is 0 Å². The second kappa shape index (κ2) is 14.7. The van der Waals surface area contributed by atoms with Crippen molar-refractivity contribution in [3.05, 3.63) is 71.3 Å². The molecule has 0 bridgehead atoms. The number of rotatable bonds is 12. The number of aryl methyl sites for hydroxylation is 1. The lowest BCUT2D eigenvalue weighted by molar-refractivity contribution is -0.142. The van der Waals surface area contributed by atoms with E-state index >= 15 is 0 Å². The number of ether oxygens (including phenoxy) is 1. The highest BCUT2D eigenvalue weighted by atomic mass is 32.1. The Kier molecular flexibility index (Phi) is 12.0. The second-order valence-electron chi connectivity index (χ2n) is 10.1. The van der Waals surface area contributed by atoms with E-state index in [0.29, 0.717) is 18.7 Å². The van der Waals surface area contributed by atoms with Gasteiger partial charge in [-0.2, -0.15) is 12.6 Å². The van der Waals surface area contributed by atoms with Gasteiger partial charge in [0.15, 0.2) is 0 Å². The van der Waals surface area contributed by atoms with Crippen molar-refractivity contribution in [1.82, 2.24) is 15.5 Å². The van der Waals surface area contributed by atoms with E-state index < -0.39 is 23.8 Å². The first-order valence-corrected chi connectivity index (χ1v) is 13.5. The minimum absolute atomic E-state index is 0.0641. The average Bonchev–Trinajstić information content (AvgIpc) is 2.85. The fourth-order valence-electron chi connectivity index (χ4n) is 3.84. The first-order chi connectivity index (χ1) is 17.6. The SMILES string of the molecule is CCCCCN(C(=O)C(CS)NC(=O)OC(C)(C)C)C(C(=O)NCc1ccccc1)c1ccc(C)cc1. The summed E-state index contributed by atoms with van der Waals surface area (Å²) in [5.41, 5.74) is 2.01. The third kappa shape index (κ3) is 10.1. The van der Waals surface area contributed by atoms with Crippen molar-refractivity contribution in [3.8, 4) is 0 Å². The van der Waals surface area contributed by atoms with Gasteiger partial charge in [-0.05, 0) is 45.2 Å². The molecule has 0 spiro atoms. The van der Waals surface area contributed by atoms with Crippen LogP contribution >= 0.6 is 12.6 Å². The number of hydrogen-bond acceptors (Lipinski definition) is 5. The molecule has 0 heterocycles. The highest BCUT2D eigenvalue weighted by molar-refractivity contribution is 7.80. The summed E-state index contributed by atoms with van der Waals surface area (Å²) in [7, 11) is 0. The summed E-state index contributed by atoms with van der Waals surface area (Å²) in [6.45, 7) is 10.0. The van der Waals surface area contributed by atoms with Crippen LogP contribution in [-0.2, 0) is 20.9 Å². The molecule has 0 saturated heterocycles. The van der Waals surface area contributed by atoms with Crippen LogP contribution in [0, 0.1) is 6.92 Å². The van der Waals surface area contributed by atoms with Crippen LogP contribution in [0.15, 0.2) is 54.6 Å². The molecule has 37 heavy (non-hydrogen) atoms. The van der Waals surface area contributed by atoms with Crippen LogP contribution in [0.1, 0.15) is 69.7 Å². The van der Waals surface area contributed by atoms with Crippen LogP contribution in [0.2, 0.25) is 0 Å². The van der Waals surface area contributed by atoms with Crippen LogP contribution in [0.3, 0.4) is 0 Å². The Hall–Kier alpha value is -3.00. The molecule has 0 aromatic heterocycles. The van der Waals surface area contributed by atoms with Crippen molar-refractivity contribution in [2.75, 3.05) is 12.3 Å². The van der Waals surface area contributed by atoms with Gasteiger partial charge in [-0.25, -0.2) is 4.79 Å². The van der Waals surface area contributed by atoms with Crippen LogP contribution in [-0.4, -0.2) is 46.7 Å². The lowest BCUT2D eigenvalue weighted by atomic mass is 10.0. The number of alkyl carbamates (subject to hydrolysis) is 1. The average molecular weight is 528 g/mol. The summed E-state index contributed by atoms with van der Waals surface area (Å²) in [5, 5.41) is 5.65. The Bertz CT molecular complexity index is 1010. The number of carbonyl (C=O) groups excluding carboxylic acids is 3. The number of hydrogen-bond donors (Lipinski definition) is 3. The van der Waals surface area contributed by atoms with E-state index in [9.17, 15) is 14.4 Å². The Morgan fingerprint density at radius 3 is 2.22 bits per heavy atom. The molecule has 2 aromatic carbocycles. The van der Waals surface area contributed by atoms with Crippen molar-refractivity contribution in [2.45, 2.75) is 78.1 Å². The number of nitrogens with one attached hydrogen (secondary N) is 2. The first-order valence-electron chi connectivity index (χ1n) is 12.8. The molecule has 8 heteroatoms. The monoisotopic (exact) mass is 527 g/mol. The Morgan fingerprint density at radius 1 is 1.00 bits per heavy atom. The van der Waals surface area contributed by atoms with Crippen LogP contribution in [0.4, 0.5) is 4.79 Å². The Morgan fingerprint density at radius 2 is 1.65 bits per heavy atom. The molecule has 0 radical (unpaired) electrons. The van der Waals surface area contributed by atoms with Gasteiger partial charge in [-0.3, -0.25) is 9.59 Å². The fourth-order valence-corrected chi connectivity index (χ4v) is 4.08. The fraction of sp³-hybridized carbons (Fsp3) is 0.483. The number of thiol groups is 1. The van der Waals surface area contributed by atoms with E-state index in [-0.39, 0.29) is 17.6 Å². The van der Waals surface area contributed by atoms with Crippen molar-refractivity contribution < 1.29 is 19.1 Å². The Balaban J connectivity index is 2.38. The summed E-state index contributed by atoms with van der Waals surface area (Å²) < 4.78 is 5.36. The van der Waals surface area contributed by atoms with Gasteiger partial charge in [-0.1, -0.05) is 79.9 Å². The molecule has 2 N–H and O–H groups in total. The van der Waals surface area contributed by atoms with Gasteiger partial charge < -0.3 is 20.3 Å². The largest absolute Gasteiger partial charge is 0.444 e. The van der Waals surface area contributed by atoms with Crippen LogP contribution < -0.4 is 10.6 Å². The van der Waals surface area contributed by atoms with Gasteiger partial charge in [0, 0.05) is 18.8 Å². The summed E-state index contributed by atoms with van der Waals surface area (Å²) in [6.07, 6.45) is 1.89. The molecule has 0 aliphatic heterocycles. The third-order valence-electron chi connectivity index (χ3n) is 5.72. The smallest absolute Gasteiger partial charge is 0.408 e. The third-order valence-corrected chi connectivity index (χ3v) is 6.09. The lowest BCUT2D eigenvalue weighted by Gasteiger charge is -2.34.